The summed E-state index contributed by atoms with van der Waals surface area (Å²) in [5, 5.41) is 2.99. The van der Waals surface area contributed by atoms with Gasteiger partial charge in [0.25, 0.3) is 0 Å². The van der Waals surface area contributed by atoms with Gasteiger partial charge in [-0.05, 0) is 30.9 Å². The van der Waals surface area contributed by atoms with Crippen molar-refractivity contribution in [2.75, 3.05) is 23.7 Å². The monoisotopic (exact) mass is 368 g/mol. The summed E-state index contributed by atoms with van der Waals surface area (Å²) in [4.78, 5) is 12.0. The topological polar surface area (TPSA) is 66.5 Å². The fourth-order valence-corrected chi connectivity index (χ4v) is 3.72. The van der Waals surface area contributed by atoms with Gasteiger partial charge < -0.3 is 5.32 Å². The van der Waals surface area contributed by atoms with Crippen molar-refractivity contribution in [3.63, 3.8) is 0 Å². The van der Waals surface area contributed by atoms with Crippen molar-refractivity contribution in [1.82, 2.24) is 5.32 Å². The number of unbranched alkanes of at least 4 members (excludes halogenated alkanes) is 1. The Hall–Kier alpha value is -1.56. The highest BCUT2D eigenvalue weighted by Crippen LogP contribution is 2.17. The molecule has 1 rings (SSSR count). The molecule has 0 saturated carbocycles. The number of para-hydroxylation sites is 1. The number of sulfonamides is 1. The number of benzene rings is 1. The third kappa shape index (κ3) is 8.38. The molecule has 1 atom stereocenters. The molecule has 0 unspecified atom stereocenters. The molecule has 1 aromatic carbocycles. The van der Waals surface area contributed by atoms with Crippen LogP contribution in [0.2, 0.25) is 0 Å². The lowest BCUT2D eigenvalue weighted by Crippen LogP contribution is -2.33. The number of amides is 1. The number of nitrogens with zero attached hydrogens (tertiary/aromatic N) is 1. The second kappa shape index (κ2) is 11.1. The minimum Gasteiger partial charge on any atom is -0.356 e. The molecule has 0 aliphatic rings. The zero-order valence-corrected chi connectivity index (χ0v) is 16.5. The number of hydrogen-bond donors (Lipinski definition) is 1. The Kier molecular flexibility index (Phi) is 9.57. The molecular weight excluding hydrogens is 336 g/mol. The molecule has 25 heavy (non-hydrogen) atoms. The van der Waals surface area contributed by atoms with Crippen LogP contribution in [0, 0.1) is 5.92 Å². The maximum atomic E-state index is 12.0. The molecule has 0 saturated heterocycles. The summed E-state index contributed by atoms with van der Waals surface area (Å²) in [6.45, 7) is 5.34. The van der Waals surface area contributed by atoms with Crippen LogP contribution in [0.4, 0.5) is 5.69 Å². The van der Waals surface area contributed by atoms with Crippen molar-refractivity contribution in [3.05, 3.63) is 30.3 Å². The Morgan fingerprint density at radius 1 is 1.16 bits per heavy atom. The van der Waals surface area contributed by atoms with Crippen LogP contribution in [0.3, 0.4) is 0 Å². The van der Waals surface area contributed by atoms with E-state index in [0.29, 0.717) is 37.5 Å². The van der Waals surface area contributed by atoms with Crippen LogP contribution in [0.1, 0.15) is 52.4 Å². The largest absolute Gasteiger partial charge is 0.356 e. The molecule has 0 fully saturated rings. The fourth-order valence-electron chi connectivity index (χ4n) is 2.75. The Morgan fingerprint density at radius 2 is 1.84 bits per heavy atom. The Balaban J connectivity index is 2.44. The van der Waals surface area contributed by atoms with E-state index in [4.69, 9.17) is 0 Å². The molecule has 5 nitrogen and oxygen atoms in total. The minimum absolute atomic E-state index is 0.00328. The Labute approximate surface area is 152 Å². The van der Waals surface area contributed by atoms with E-state index in [1.807, 2.05) is 6.07 Å². The second-order valence-electron chi connectivity index (χ2n) is 6.49. The van der Waals surface area contributed by atoms with E-state index in [2.05, 4.69) is 19.2 Å². The first-order valence-electron chi connectivity index (χ1n) is 9.17. The van der Waals surface area contributed by atoms with Gasteiger partial charge in [-0.2, -0.15) is 0 Å². The summed E-state index contributed by atoms with van der Waals surface area (Å²) in [6.07, 6.45) is 6.60. The number of carbonyl (C=O) groups is 1. The van der Waals surface area contributed by atoms with E-state index in [9.17, 15) is 13.2 Å². The van der Waals surface area contributed by atoms with Gasteiger partial charge in [-0.25, -0.2) is 8.42 Å². The van der Waals surface area contributed by atoms with Crippen LogP contribution in [-0.2, 0) is 14.8 Å². The van der Waals surface area contributed by atoms with Gasteiger partial charge in [0.05, 0.1) is 11.9 Å². The van der Waals surface area contributed by atoms with Gasteiger partial charge in [0.2, 0.25) is 15.9 Å². The lowest BCUT2D eigenvalue weighted by molar-refractivity contribution is -0.121. The molecule has 0 aliphatic carbocycles. The molecule has 0 aromatic heterocycles. The van der Waals surface area contributed by atoms with E-state index in [1.54, 1.807) is 24.3 Å². The maximum absolute atomic E-state index is 12.0. The normalized spacial score (nSPS) is 12.6. The molecule has 1 N–H and O–H groups in total. The zero-order chi connectivity index (χ0) is 18.7. The van der Waals surface area contributed by atoms with E-state index < -0.39 is 10.0 Å². The first kappa shape index (κ1) is 21.5. The van der Waals surface area contributed by atoms with E-state index in [0.717, 1.165) is 12.8 Å². The van der Waals surface area contributed by atoms with Crippen molar-refractivity contribution in [2.24, 2.45) is 5.92 Å². The van der Waals surface area contributed by atoms with Crippen LogP contribution in [0.15, 0.2) is 30.3 Å². The van der Waals surface area contributed by atoms with Crippen molar-refractivity contribution in [2.45, 2.75) is 52.4 Å². The smallest absolute Gasteiger partial charge is 0.232 e. The van der Waals surface area contributed by atoms with E-state index >= 15 is 0 Å². The molecule has 0 spiro atoms. The number of carbonyl (C=O) groups excluding carboxylic acids is 1. The molecule has 1 amide bonds. The number of nitrogens with one attached hydrogen (secondary N) is 1. The number of anilines is 1. The molecule has 6 heteroatoms. The molecule has 1 aromatic rings. The highest BCUT2D eigenvalue weighted by molar-refractivity contribution is 7.92. The van der Waals surface area contributed by atoms with Crippen LogP contribution in [-0.4, -0.2) is 33.7 Å². The summed E-state index contributed by atoms with van der Waals surface area (Å²) in [5.41, 5.74) is 0.635. The predicted octanol–water partition coefficient (Wildman–Crippen LogP) is 3.57. The van der Waals surface area contributed by atoms with Crippen molar-refractivity contribution in [3.8, 4) is 0 Å². The SMILES string of the molecule is CCCC[C@H](CC)CNC(=O)CCCN(c1ccccc1)S(C)(=O)=O. The average molecular weight is 369 g/mol. The lowest BCUT2D eigenvalue weighted by atomic mass is 9.99. The van der Waals surface area contributed by atoms with E-state index in [-0.39, 0.29) is 5.91 Å². The molecular formula is C19H32N2O3S. The Bertz CT molecular complexity index is 602. The van der Waals surface area contributed by atoms with Gasteiger partial charge in [-0.3, -0.25) is 9.10 Å². The summed E-state index contributed by atoms with van der Waals surface area (Å²) >= 11 is 0. The van der Waals surface area contributed by atoms with Gasteiger partial charge >= 0.3 is 0 Å². The predicted molar refractivity (Wildman–Crippen MR) is 104 cm³/mol. The van der Waals surface area contributed by atoms with Crippen molar-refractivity contribution < 1.29 is 13.2 Å². The molecule has 0 aliphatic heterocycles. The molecule has 0 heterocycles. The van der Waals surface area contributed by atoms with Gasteiger partial charge in [0.1, 0.15) is 0 Å². The molecule has 0 bridgehead atoms. The van der Waals surface area contributed by atoms with Gasteiger partial charge in [-0.15, -0.1) is 0 Å². The minimum atomic E-state index is -3.35. The third-order valence-electron chi connectivity index (χ3n) is 4.34. The maximum Gasteiger partial charge on any atom is 0.232 e. The number of rotatable bonds is 12. The van der Waals surface area contributed by atoms with Gasteiger partial charge in [0.15, 0.2) is 0 Å². The summed E-state index contributed by atoms with van der Waals surface area (Å²) < 4.78 is 25.3. The fraction of sp³-hybridized carbons (Fsp3) is 0.632. The summed E-state index contributed by atoms with van der Waals surface area (Å²) in [6, 6.07) is 8.99. The van der Waals surface area contributed by atoms with Crippen LogP contribution >= 0.6 is 0 Å². The summed E-state index contributed by atoms with van der Waals surface area (Å²) in [7, 11) is -3.35. The third-order valence-corrected chi connectivity index (χ3v) is 5.53. The highest BCUT2D eigenvalue weighted by Gasteiger charge is 2.17. The number of hydrogen-bond acceptors (Lipinski definition) is 3. The quantitative estimate of drug-likeness (QED) is 0.613. The average Bonchev–Trinajstić information content (AvgIpc) is 2.58. The molecule has 142 valence electrons. The van der Waals surface area contributed by atoms with E-state index in [1.165, 1.54) is 23.4 Å². The molecule has 0 radical (unpaired) electrons. The zero-order valence-electron chi connectivity index (χ0n) is 15.7. The standard InChI is InChI=1S/C19H32N2O3S/c1-4-6-11-17(5-2)16-20-19(22)14-10-15-21(25(3,23)24)18-12-8-7-9-13-18/h7-9,12-13,17H,4-6,10-11,14-16H2,1-3H3,(H,20,22)/t17-/m0/s1. The highest BCUT2D eigenvalue weighted by atomic mass is 32.2. The van der Waals surface area contributed by atoms with Crippen LogP contribution in [0.25, 0.3) is 0 Å². The van der Waals surface area contributed by atoms with Crippen molar-refractivity contribution >= 4 is 21.6 Å². The first-order valence-corrected chi connectivity index (χ1v) is 11.0. The first-order chi connectivity index (χ1) is 11.9. The summed E-state index contributed by atoms with van der Waals surface area (Å²) in [5.74, 6) is 0.525. The second-order valence-corrected chi connectivity index (χ2v) is 8.40. The van der Waals surface area contributed by atoms with Gasteiger partial charge in [-0.1, -0.05) is 51.3 Å². The Morgan fingerprint density at radius 3 is 2.40 bits per heavy atom. The van der Waals surface area contributed by atoms with Crippen LogP contribution < -0.4 is 9.62 Å². The van der Waals surface area contributed by atoms with Gasteiger partial charge in [0, 0.05) is 19.5 Å². The van der Waals surface area contributed by atoms with Crippen molar-refractivity contribution in [1.29, 1.82) is 0 Å². The van der Waals surface area contributed by atoms with Crippen LogP contribution in [0.5, 0.6) is 0 Å². The lowest BCUT2D eigenvalue weighted by Gasteiger charge is -2.22.